The Balaban J connectivity index is 0. The zero-order chi connectivity index (χ0) is 17.4. The molecule has 0 radical (unpaired) electrons. The smallest absolute Gasteiger partial charge is 0.330 e. The minimum Gasteiger partial charge on any atom is -1.00 e. The van der Waals surface area contributed by atoms with E-state index < -0.39 is 0 Å². The van der Waals surface area contributed by atoms with Crippen LogP contribution >= 0.6 is 0 Å². The van der Waals surface area contributed by atoms with Crippen molar-refractivity contribution in [2.45, 2.75) is 78.1 Å². The molecule has 1 atom stereocenters. The number of nitrogens with zero attached hydrogens (tertiary/aromatic N) is 1. The summed E-state index contributed by atoms with van der Waals surface area (Å²) in [6.45, 7) is 11.6. The van der Waals surface area contributed by atoms with Crippen LogP contribution < -0.4 is 17.0 Å². The molecule has 3 nitrogen and oxygen atoms in total. The maximum Gasteiger partial charge on any atom is 0.330 e. The van der Waals surface area contributed by atoms with E-state index in [2.05, 4.69) is 27.5 Å². The number of unbranched alkanes of at least 4 members (excludes halogenated alkanes) is 9. The number of hydrogen-bond acceptors (Lipinski definition) is 2. The molecule has 1 unspecified atom stereocenters. The molecule has 0 N–H and O–H groups in total. The summed E-state index contributed by atoms with van der Waals surface area (Å²) < 4.78 is 6.10. The van der Waals surface area contributed by atoms with Crippen LogP contribution in [-0.4, -0.2) is 43.7 Å². The summed E-state index contributed by atoms with van der Waals surface area (Å²) in [7, 11) is 2.26. The fourth-order valence-electron chi connectivity index (χ4n) is 2.83. The first-order chi connectivity index (χ1) is 11.1. The lowest BCUT2D eigenvalue weighted by atomic mass is 10.1. The number of ether oxygens (including phenoxy) is 1. The molecule has 0 aromatic carbocycles. The molecule has 0 aliphatic heterocycles. The van der Waals surface area contributed by atoms with Crippen molar-refractivity contribution in [1.82, 2.24) is 0 Å². The van der Waals surface area contributed by atoms with Gasteiger partial charge in [-0.25, -0.2) is 4.79 Å². The highest BCUT2D eigenvalue weighted by atomic mass is 79.9. The topological polar surface area (TPSA) is 26.3 Å². The number of rotatable bonds is 16. The molecule has 144 valence electrons. The molecule has 0 amide bonds. The fourth-order valence-corrected chi connectivity index (χ4v) is 2.83. The van der Waals surface area contributed by atoms with Gasteiger partial charge in [-0.3, -0.25) is 0 Å². The Morgan fingerprint density at radius 1 is 0.917 bits per heavy atom. The molecule has 0 heterocycles. The Kier molecular flexibility index (Phi) is 18.8. The highest BCUT2D eigenvalue weighted by Gasteiger charge is 2.18. The van der Waals surface area contributed by atoms with Crippen LogP contribution in [0.2, 0.25) is 0 Å². The van der Waals surface area contributed by atoms with Gasteiger partial charge < -0.3 is 26.2 Å². The maximum atomic E-state index is 11.1. The molecule has 0 saturated heterocycles. The molecule has 4 heteroatoms. The normalized spacial score (nSPS) is 13.0. The Hall–Kier alpha value is -0.350. The molecule has 0 spiro atoms. The van der Waals surface area contributed by atoms with Crippen LogP contribution in [0, 0.1) is 0 Å². The maximum absolute atomic E-state index is 11.1. The van der Waals surface area contributed by atoms with Crippen molar-refractivity contribution in [3.8, 4) is 0 Å². The average Bonchev–Trinajstić information content (AvgIpc) is 2.56. The quantitative estimate of drug-likeness (QED) is 0.170. The summed E-state index contributed by atoms with van der Waals surface area (Å²) in [5.74, 6) is -0.313. The predicted octanol–water partition coefficient (Wildman–Crippen LogP) is 2.11. The second kappa shape index (κ2) is 17.5. The van der Waals surface area contributed by atoms with Gasteiger partial charge in [0.15, 0.2) is 0 Å². The van der Waals surface area contributed by atoms with E-state index in [1.54, 1.807) is 0 Å². The van der Waals surface area contributed by atoms with Crippen molar-refractivity contribution in [3.05, 3.63) is 12.7 Å². The van der Waals surface area contributed by atoms with Crippen molar-refractivity contribution in [1.29, 1.82) is 0 Å². The molecular weight excluding hydrogens is 366 g/mol. The van der Waals surface area contributed by atoms with E-state index in [1.165, 1.54) is 76.8 Å². The number of hydrogen-bond donors (Lipinski definition) is 0. The zero-order valence-electron chi connectivity index (χ0n) is 16.3. The number of halogens is 1. The Bertz CT molecular complexity index is 310. The minimum absolute atomic E-state index is 0. The van der Waals surface area contributed by atoms with E-state index in [9.17, 15) is 4.79 Å². The molecule has 0 fully saturated rings. The second-order valence-corrected chi connectivity index (χ2v) is 6.94. The summed E-state index contributed by atoms with van der Waals surface area (Å²) in [6, 6.07) is 0. The van der Waals surface area contributed by atoms with Crippen LogP contribution in [0.25, 0.3) is 0 Å². The third kappa shape index (κ3) is 15.2. The molecule has 0 aromatic heterocycles. The third-order valence-electron chi connectivity index (χ3n) is 4.86. The molecular formula is C20H40BrNO2. The number of esters is 1. The number of quaternary nitrogens is 1. The molecule has 0 saturated carbocycles. The van der Waals surface area contributed by atoms with E-state index in [0.29, 0.717) is 6.61 Å². The first-order valence-corrected chi connectivity index (χ1v) is 9.70. The number of carbonyl (C=O) groups excluding carboxylic acids is 1. The van der Waals surface area contributed by atoms with Gasteiger partial charge in [-0.1, -0.05) is 64.9 Å². The molecule has 0 bridgehead atoms. The molecule has 24 heavy (non-hydrogen) atoms. The van der Waals surface area contributed by atoms with Crippen molar-refractivity contribution >= 4 is 5.97 Å². The molecule has 0 aromatic rings. The van der Waals surface area contributed by atoms with E-state index in [0.717, 1.165) is 17.6 Å². The monoisotopic (exact) mass is 405 g/mol. The van der Waals surface area contributed by atoms with Gasteiger partial charge in [0.25, 0.3) is 0 Å². The van der Waals surface area contributed by atoms with Gasteiger partial charge in [0.1, 0.15) is 13.2 Å². The summed E-state index contributed by atoms with van der Waals surface area (Å²) in [6.07, 6.45) is 15.0. The summed E-state index contributed by atoms with van der Waals surface area (Å²) in [5.41, 5.74) is 0. The Labute approximate surface area is 161 Å². The van der Waals surface area contributed by atoms with Crippen molar-refractivity contribution < 1.29 is 31.0 Å². The van der Waals surface area contributed by atoms with Crippen LogP contribution in [0.1, 0.15) is 78.1 Å². The fraction of sp³-hybridized carbons (Fsp3) is 0.850. The van der Waals surface area contributed by atoms with Gasteiger partial charge in [-0.2, -0.15) is 0 Å². The van der Waals surface area contributed by atoms with Crippen molar-refractivity contribution in [2.24, 2.45) is 0 Å². The van der Waals surface area contributed by atoms with E-state index in [-0.39, 0.29) is 23.0 Å². The largest absolute Gasteiger partial charge is 1.00 e. The van der Waals surface area contributed by atoms with Crippen molar-refractivity contribution in [2.75, 3.05) is 33.3 Å². The standard InChI is InChI=1S/C20H40NO2.BrH/c1-5-8-9-10-11-12-13-14-15-16-17-21(4,7-3)18-19-23-20(22)6-2;/h6H,2,5,7-19H2,1,3-4H3;1H/q+1;/p-1. The van der Waals surface area contributed by atoms with Crippen LogP contribution in [0.15, 0.2) is 12.7 Å². The Morgan fingerprint density at radius 2 is 1.42 bits per heavy atom. The van der Waals surface area contributed by atoms with Gasteiger partial charge in [-0.15, -0.1) is 0 Å². The Morgan fingerprint density at radius 3 is 1.88 bits per heavy atom. The lowest BCUT2D eigenvalue weighted by Crippen LogP contribution is -3.00. The molecule has 0 aliphatic rings. The lowest BCUT2D eigenvalue weighted by Gasteiger charge is -2.33. The minimum atomic E-state index is -0.313. The number of carbonyl (C=O) groups is 1. The summed E-state index contributed by atoms with van der Waals surface area (Å²) in [5, 5.41) is 0. The third-order valence-corrected chi connectivity index (χ3v) is 4.86. The second-order valence-electron chi connectivity index (χ2n) is 6.94. The average molecular weight is 406 g/mol. The van der Waals surface area contributed by atoms with E-state index >= 15 is 0 Å². The highest BCUT2D eigenvalue weighted by Crippen LogP contribution is 2.12. The zero-order valence-corrected chi connectivity index (χ0v) is 17.9. The predicted molar refractivity (Wildman–Crippen MR) is 99.5 cm³/mol. The van der Waals surface area contributed by atoms with Crippen LogP contribution in [0.4, 0.5) is 0 Å². The first-order valence-electron chi connectivity index (χ1n) is 9.70. The summed E-state index contributed by atoms with van der Waals surface area (Å²) in [4.78, 5) is 11.1. The number of likely N-dealkylation sites (N-methyl/N-ethyl adjacent to an activating group) is 1. The van der Waals surface area contributed by atoms with Crippen molar-refractivity contribution in [3.63, 3.8) is 0 Å². The van der Waals surface area contributed by atoms with E-state index in [1.807, 2.05) is 0 Å². The highest BCUT2D eigenvalue weighted by molar-refractivity contribution is 5.81. The van der Waals surface area contributed by atoms with Crippen LogP contribution in [0.3, 0.4) is 0 Å². The van der Waals surface area contributed by atoms with Gasteiger partial charge in [-0.05, 0) is 19.8 Å². The summed E-state index contributed by atoms with van der Waals surface area (Å²) >= 11 is 0. The van der Waals surface area contributed by atoms with Gasteiger partial charge in [0.2, 0.25) is 0 Å². The SMILES string of the molecule is C=CC(=O)OCC[N+](C)(CC)CCCCCCCCCCCC.[Br-]. The van der Waals surface area contributed by atoms with Crippen LogP contribution in [-0.2, 0) is 9.53 Å². The molecule has 0 aliphatic carbocycles. The van der Waals surface area contributed by atoms with Gasteiger partial charge >= 0.3 is 5.97 Å². The lowest BCUT2D eigenvalue weighted by molar-refractivity contribution is -0.908. The van der Waals surface area contributed by atoms with Crippen LogP contribution in [0.5, 0.6) is 0 Å². The van der Waals surface area contributed by atoms with E-state index in [4.69, 9.17) is 4.74 Å². The van der Waals surface area contributed by atoms with Gasteiger partial charge in [0.05, 0.1) is 20.1 Å². The molecule has 0 rings (SSSR count). The first kappa shape index (κ1) is 25.9. The van der Waals surface area contributed by atoms with Gasteiger partial charge in [0, 0.05) is 6.08 Å².